The van der Waals surface area contributed by atoms with E-state index >= 15 is 0 Å². The molecule has 6 nitrogen and oxygen atoms in total. The smallest absolute Gasteiger partial charge is 0.251 e. The van der Waals surface area contributed by atoms with E-state index in [1.165, 1.54) is 17.4 Å². The summed E-state index contributed by atoms with van der Waals surface area (Å²) in [5.74, 6) is 1.12. The van der Waals surface area contributed by atoms with Gasteiger partial charge >= 0.3 is 0 Å². The first-order chi connectivity index (χ1) is 8.74. The number of H-pyrrole nitrogens is 1. The van der Waals surface area contributed by atoms with Gasteiger partial charge in [0.05, 0.1) is 0 Å². The molecule has 18 heavy (non-hydrogen) atoms. The lowest BCUT2D eigenvalue weighted by atomic mass is 10.3. The minimum absolute atomic E-state index is 0.215. The maximum Gasteiger partial charge on any atom is 0.251 e. The molecule has 0 aliphatic carbocycles. The molecule has 0 unspecified atom stereocenters. The number of nitrogens with one attached hydrogen (secondary N) is 1. The van der Waals surface area contributed by atoms with Crippen LogP contribution >= 0.6 is 11.3 Å². The summed E-state index contributed by atoms with van der Waals surface area (Å²) >= 11 is 1.42. The number of thiazole rings is 1. The second kappa shape index (κ2) is 4.19. The molecule has 0 bridgehead atoms. The second-order valence-corrected chi connectivity index (χ2v) is 4.57. The van der Waals surface area contributed by atoms with Crippen molar-refractivity contribution < 1.29 is 0 Å². The molecule has 3 aromatic rings. The lowest BCUT2D eigenvalue weighted by Gasteiger charge is -2.02. The Balaban J connectivity index is 2.18. The zero-order valence-electron chi connectivity index (χ0n) is 9.49. The third kappa shape index (κ3) is 1.84. The molecule has 3 aromatic heterocycles. The van der Waals surface area contributed by atoms with Crippen LogP contribution in [0, 0.1) is 0 Å². The van der Waals surface area contributed by atoms with Crippen molar-refractivity contribution in [3.05, 3.63) is 40.4 Å². The van der Waals surface area contributed by atoms with Crippen LogP contribution in [0.5, 0.6) is 0 Å². The van der Waals surface area contributed by atoms with Gasteiger partial charge in [-0.15, -0.1) is 11.3 Å². The van der Waals surface area contributed by atoms with Gasteiger partial charge in [0.15, 0.2) is 16.7 Å². The molecule has 0 radical (unpaired) electrons. The molecule has 0 atom stereocenters. The highest BCUT2D eigenvalue weighted by Crippen LogP contribution is 2.19. The van der Waals surface area contributed by atoms with Crippen LogP contribution in [0.3, 0.4) is 0 Å². The van der Waals surface area contributed by atoms with E-state index in [-0.39, 0.29) is 5.56 Å². The summed E-state index contributed by atoms with van der Waals surface area (Å²) < 4.78 is 1.81. The molecule has 0 fully saturated rings. The van der Waals surface area contributed by atoms with Gasteiger partial charge in [-0.3, -0.25) is 4.79 Å². The molecule has 3 rings (SSSR count). The lowest BCUT2D eigenvalue weighted by Crippen LogP contribution is -2.09. The number of aryl methyl sites for hydroxylation is 1. The van der Waals surface area contributed by atoms with E-state index in [9.17, 15) is 4.79 Å². The molecule has 0 amide bonds. The quantitative estimate of drug-likeness (QED) is 0.752. The van der Waals surface area contributed by atoms with Gasteiger partial charge < -0.3 is 9.55 Å². The third-order valence-electron chi connectivity index (χ3n) is 2.43. The van der Waals surface area contributed by atoms with Gasteiger partial charge in [-0.1, -0.05) is 0 Å². The Labute approximate surface area is 106 Å². The fraction of sp³-hybridized carbons (Fsp3) is 0.0909. The monoisotopic (exact) mass is 259 g/mol. The van der Waals surface area contributed by atoms with Gasteiger partial charge in [0.2, 0.25) is 0 Å². The Morgan fingerprint density at radius 2 is 2.22 bits per heavy atom. The molecule has 90 valence electrons. The van der Waals surface area contributed by atoms with Gasteiger partial charge in [-0.05, 0) is 0 Å². The highest BCUT2D eigenvalue weighted by molar-refractivity contribution is 7.12. The molecule has 0 spiro atoms. The molecular weight excluding hydrogens is 250 g/mol. The van der Waals surface area contributed by atoms with E-state index in [4.69, 9.17) is 0 Å². The van der Waals surface area contributed by atoms with Gasteiger partial charge in [-0.2, -0.15) is 0 Å². The molecule has 0 saturated heterocycles. The molecule has 0 aliphatic heterocycles. The zero-order valence-corrected chi connectivity index (χ0v) is 10.3. The van der Waals surface area contributed by atoms with Crippen molar-refractivity contribution in [1.82, 2.24) is 24.5 Å². The average molecular weight is 259 g/mol. The highest BCUT2D eigenvalue weighted by Gasteiger charge is 2.10. The number of rotatable bonds is 2. The Hall–Kier alpha value is -2.28. The van der Waals surface area contributed by atoms with E-state index < -0.39 is 0 Å². The van der Waals surface area contributed by atoms with Crippen molar-refractivity contribution in [2.24, 2.45) is 7.05 Å². The first-order valence-electron chi connectivity index (χ1n) is 5.23. The molecular formula is C11H9N5OS. The molecule has 0 saturated carbocycles. The fourth-order valence-electron chi connectivity index (χ4n) is 1.63. The molecule has 0 aliphatic rings. The van der Waals surface area contributed by atoms with Crippen molar-refractivity contribution in [2.75, 3.05) is 0 Å². The largest absolute Gasteiger partial charge is 0.333 e. The molecule has 1 N–H and O–H groups in total. The highest BCUT2D eigenvalue weighted by atomic mass is 32.1. The Morgan fingerprint density at radius 3 is 2.89 bits per heavy atom. The summed E-state index contributed by atoms with van der Waals surface area (Å²) in [6, 6.07) is 1.43. The Bertz CT molecular complexity index is 728. The van der Waals surface area contributed by atoms with Crippen molar-refractivity contribution in [1.29, 1.82) is 0 Å². The minimum Gasteiger partial charge on any atom is -0.333 e. The van der Waals surface area contributed by atoms with Crippen LogP contribution in [0.25, 0.3) is 22.4 Å². The summed E-state index contributed by atoms with van der Waals surface area (Å²) in [6.07, 6.45) is 5.15. The summed E-state index contributed by atoms with van der Waals surface area (Å²) in [4.78, 5) is 27.0. The van der Waals surface area contributed by atoms with Crippen molar-refractivity contribution in [3.8, 4) is 22.4 Å². The molecule has 0 aromatic carbocycles. The predicted molar refractivity (Wildman–Crippen MR) is 68.2 cm³/mol. The van der Waals surface area contributed by atoms with Crippen LogP contribution < -0.4 is 5.56 Å². The summed E-state index contributed by atoms with van der Waals surface area (Å²) in [5.41, 5.74) is 0.324. The summed E-state index contributed by atoms with van der Waals surface area (Å²) in [7, 11) is 1.86. The van der Waals surface area contributed by atoms with E-state index in [2.05, 4.69) is 19.9 Å². The van der Waals surface area contributed by atoms with Crippen molar-refractivity contribution >= 4 is 11.3 Å². The van der Waals surface area contributed by atoms with Crippen LogP contribution in [0.1, 0.15) is 0 Å². The van der Waals surface area contributed by atoms with Crippen LogP contribution in [0.2, 0.25) is 0 Å². The van der Waals surface area contributed by atoms with Gasteiger partial charge in [-0.25, -0.2) is 15.0 Å². The van der Waals surface area contributed by atoms with E-state index in [0.717, 1.165) is 0 Å². The van der Waals surface area contributed by atoms with Crippen LogP contribution in [0.4, 0.5) is 0 Å². The first kappa shape index (κ1) is 10.8. The number of imidazole rings is 1. The standard InChI is InChI=1S/C11H9N5OS/c1-16-4-2-12-10(16)7-6-8(17)15-9(14-7)11-13-3-5-18-11/h2-6H,1H3,(H,14,15,17). The number of aromatic nitrogens is 5. The van der Waals surface area contributed by atoms with Crippen LogP contribution in [-0.2, 0) is 7.05 Å². The van der Waals surface area contributed by atoms with Crippen LogP contribution in [-0.4, -0.2) is 24.5 Å². The number of hydrogen-bond acceptors (Lipinski definition) is 5. The average Bonchev–Trinajstić information content (AvgIpc) is 2.98. The SMILES string of the molecule is Cn1ccnc1-c1cc(=O)[nH]c(-c2nccs2)n1. The van der Waals surface area contributed by atoms with Crippen molar-refractivity contribution in [2.45, 2.75) is 0 Å². The van der Waals surface area contributed by atoms with E-state index in [1.54, 1.807) is 18.6 Å². The number of nitrogens with zero attached hydrogens (tertiary/aromatic N) is 4. The Kier molecular flexibility index (Phi) is 2.52. The normalized spacial score (nSPS) is 10.7. The first-order valence-corrected chi connectivity index (χ1v) is 6.11. The predicted octanol–water partition coefficient (Wildman–Crippen LogP) is 1.29. The van der Waals surface area contributed by atoms with E-state index in [0.29, 0.717) is 22.4 Å². The van der Waals surface area contributed by atoms with Gasteiger partial charge in [0.25, 0.3) is 5.56 Å². The maximum atomic E-state index is 11.7. The molecule has 7 heteroatoms. The zero-order chi connectivity index (χ0) is 12.5. The molecule has 3 heterocycles. The van der Waals surface area contributed by atoms with E-state index in [1.807, 2.05) is 17.0 Å². The fourth-order valence-corrected chi connectivity index (χ4v) is 2.21. The number of aromatic amines is 1. The van der Waals surface area contributed by atoms with Gasteiger partial charge in [0, 0.05) is 37.1 Å². The van der Waals surface area contributed by atoms with Gasteiger partial charge in [0.1, 0.15) is 5.69 Å². The van der Waals surface area contributed by atoms with Crippen LogP contribution in [0.15, 0.2) is 34.8 Å². The second-order valence-electron chi connectivity index (χ2n) is 3.68. The maximum absolute atomic E-state index is 11.7. The van der Waals surface area contributed by atoms with Crippen molar-refractivity contribution in [3.63, 3.8) is 0 Å². The summed E-state index contributed by atoms with van der Waals surface area (Å²) in [6.45, 7) is 0. The minimum atomic E-state index is -0.215. The number of hydrogen-bond donors (Lipinski definition) is 1. The topological polar surface area (TPSA) is 76.5 Å². The third-order valence-corrected chi connectivity index (χ3v) is 3.21. The Morgan fingerprint density at radius 1 is 1.33 bits per heavy atom. The lowest BCUT2D eigenvalue weighted by molar-refractivity contribution is 0.914. The summed E-state index contributed by atoms with van der Waals surface area (Å²) in [5, 5.41) is 2.52.